The maximum atomic E-state index is 10.4. The molecule has 2 aromatic carbocycles. The van der Waals surface area contributed by atoms with Crippen LogP contribution in [-0.2, 0) is 9.41 Å². The molecule has 0 amide bonds. The first-order valence-electron chi connectivity index (χ1n) is 13.9. The van der Waals surface area contributed by atoms with Gasteiger partial charge in [-0.05, 0) is 43.9 Å². The Bertz CT molecular complexity index is 827. The van der Waals surface area contributed by atoms with Crippen molar-refractivity contribution in [1.29, 1.82) is 0 Å². The average molecular weight is 480 g/mol. The zero-order valence-electron chi connectivity index (χ0n) is 22.3. The van der Waals surface area contributed by atoms with Gasteiger partial charge in [-0.15, -0.1) is 0 Å². The van der Waals surface area contributed by atoms with Gasteiger partial charge < -0.3 is 9.68 Å². The van der Waals surface area contributed by atoms with Crippen molar-refractivity contribution in [3.63, 3.8) is 0 Å². The summed E-state index contributed by atoms with van der Waals surface area (Å²) in [6.45, 7) is 7.68. The highest BCUT2D eigenvalue weighted by Crippen LogP contribution is 2.34. The minimum absolute atomic E-state index is 0.223. The number of hydrogen-bond acceptors (Lipinski definition) is 4. The number of rotatable bonds is 13. The number of unbranched alkanes of at least 4 members (excludes halogenated alkanes) is 9. The van der Waals surface area contributed by atoms with E-state index >= 15 is 0 Å². The molecule has 1 aliphatic heterocycles. The van der Waals surface area contributed by atoms with Crippen LogP contribution < -0.4 is 5.06 Å². The summed E-state index contributed by atoms with van der Waals surface area (Å²) < 4.78 is 11.6. The van der Waals surface area contributed by atoms with Crippen LogP contribution in [0.4, 0.5) is 5.69 Å². The molecule has 192 valence electrons. The molecule has 2 atom stereocenters. The van der Waals surface area contributed by atoms with Gasteiger partial charge in [0, 0.05) is 19.1 Å². The minimum atomic E-state index is -1.26. The first-order valence-corrected chi connectivity index (χ1v) is 13.9. The molecule has 3 rings (SSSR count). The molecule has 0 saturated carbocycles. The Balaban J connectivity index is 1.61. The molecule has 4 nitrogen and oxygen atoms in total. The van der Waals surface area contributed by atoms with Crippen LogP contribution in [0, 0.1) is 19.8 Å². The predicted molar refractivity (Wildman–Crippen MR) is 147 cm³/mol. The topological polar surface area (TPSA) is 41.9 Å². The normalized spacial score (nSPS) is 19.0. The highest BCUT2D eigenvalue weighted by molar-refractivity contribution is 6.34. The largest absolute Gasteiger partial charge is 0.659 e. The fourth-order valence-electron chi connectivity index (χ4n) is 5.09. The van der Waals surface area contributed by atoms with E-state index in [2.05, 4.69) is 69.3 Å². The molecule has 1 heterocycles. The third-order valence-corrected chi connectivity index (χ3v) is 7.36. The van der Waals surface area contributed by atoms with Gasteiger partial charge in [-0.2, -0.15) is 0 Å². The monoisotopic (exact) mass is 479 g/mol. The van der Waals surface area contributed by atoms with E-state index in [9.17, 15) is 5.02 Å². The van der Waals surface area contributed by atoms with E-state index in [1.54, 1.807) is 0 Å². The third-order valence-electron chi connectivity index (χ3n) is 7.36. The highest BCUT2D eigenvalue weighted by Gasteiger charge is 2.33. The van der Waals surface area contributed by atoms with Crippen LogP contribution in [0.5, 0.6) is 0 Å². The lowest BCUT2D eigenvalue weighted by molar-refractivity contribution is 0.0741. The zero-order valence-corrected chi connectivity index (χ0v) is 22.3. The molecule has 0 aromatic heterocycles. The van der Waals surface area contributed by atoms with Gasteiger partial charge in [-0.3, -0.25) is 9.82 Å². The summed E-state index contributed by atoms with van der Waals surface area (Å²) in [4.78, 5) is 0. The van der Waals surface area contributed by atoms with E-state index in [-0.39, 0.29) is 5.92 Å². The molecule has 35 heavy (non-hydrogen) atoms. The van der Waals surface area contributed by atoms with E-state index in [0.717, 1.165) is 18.7 Å². The van der Waals surface area contributed by atoms with Crippen molar-refractivity contribution in [3.8, 4) is 0 Å². The average Bonchev–Trinajstić information content (AvgIpc) is 2.85. The fraction of sp³-hybridized carbons (Fsp3) is 0.600. The molecule has 0 aliphatic carbocycles. The third kappa shape index (κ3) is 9.63. The summed E-state index contributed by atoms with van der Waals surface area (Å²) in [6.07, 6.45) is 14.6. The van der Waals surface area contributed by atoms with Gasteiger partial charge in [-0.1, -0.05) is 119 Å². The molecule has 1 saturated heterocycles. The summed E-state index contributed by atoms with van der Waals surface area (Å²) >= 11 is 0. The van der Waals surface area contributed by atoms with Gasteiger partial charge >= 0.3 is 7.32 Å². The van der Waals surface area contributed by atoms with Crippen molar-refractivity contribution in [3.05, 3.63) is 65.2 Å². The van der Waals surface area contributed by atoms with Gasteiger partial charge in [0.25, 0.3) is 0 Å². The van der Waals surface area contributed by atoms with Crippen molar-refractivity contribution < 1.29 is 14.4 Å². The summed E-state index contributed by atoms with van der Waals surface area (Å²) in [5.74, 6) is 0.598. The van der Waals surface area contributed by atoms with Crippen molar-refractivity contribution >= 4 is 13.0 Å². The fourth-order valence-corrected chi connectivity index (χ4v) is 5.09. The first-order chi connectivity index (χ1) is 17.1. The molecular formula is C30H46BNO3. The maximum absolute atomic E-state index is 10.4. The van der Waals surface area contributed by atoms with Crippen molar-refractivity contribution in [2.75, 3.05) is 18.2 Å². The summed E-state index contributed by atoms with van der Waals surface area (Å²) in [5.41, 5.74) is 4.70. The van der Waals surface area contributed by atoms with E-state index in [0.29, 0.717) is 12.5 Å². The van der Waals surface area contributed by atoms with Crippen molar-refractivity contribution in [1.82, 2.24) is 0 Å². The van der Waals surface area contributed by atoms with Crippen LogP contribution >= 0.6 is 0 Å². The number of nitrogens with zero attached hydrogens (tertiary/aromatic N) is 1. The number of hydroxylamine groups is 1. The quantitative estimate of drug-likeness (QED) is 0.235. The van der Waals surface area contributed by atoms with Crippen LogP contribution in [0.2, 0.25) is 0 Å². The van der Waals surface area contributed by atoms with Gasteiger partial charge in [0.2, 0.25) is 0 Å². The van der Waals surface area contributed by atoms with Gasteiger partial charge in [0.1, 0.15) is 0 Å². The Morgan fingerprint density at radius 2 is 1.34 bits per heavy atom. The number of aryl methyl sites for hydroxylation is 2. The van der Waals surface area contributed by atoms with Crippen LogP contribution in [0.15, 0.2) is 48.5 Å². The smallest absolute Gasteiger partial charge is 0.400 e. The lowest BCUT2D eigenvalue weighted by atomic mass is 9.82. The van der Waals surface area contributed by atoms with Crippen LogP contribution in [-0.4, -0.2) is 25.5 Å². The Morgan fingerprint density at radius 1 is 0.800 bits per heavy atom. The Morgan fingerprint density at radius 3 is 1.94 bits per heavy atom. The van der Waals surface area contributed by atoms with Crippen LogP contribution in [0.3, 0.4) is 0 Å². The summed E-state index contributed by atoms with van der Waals surface area (Å²) in [7, 11) is -1.26. The molecule has 5 heteroatoms. The molecular weight excluding hydrogens is 433 g/mol. The van der Waals surface area contributed by atoms with E-state index < -0.39 is 7.32 Å². The second-order valence-corrected chi connectivity index (χ2v) is 10.4. The Hall–Kier alpha value is -1.82. The van der Waals surface area contributed by atoms with E-state index in [4.69, 9.17) is 9.41 Å². The van der Waals surface area contributed by atoms with Gasteiger partial charge in [-0.25, -0.2) is 0 Å². The molecule has 0 bridgehead atoms. The summed E-state index contributed by atoms with van der Waals surface area (Å²) in [5, 5.41) is 12.2. The lowest BCUT2D eigenvalue weighted by Crippen LogP contribution is -2.43. The van der Waals surface area contributed by atoms with E-state index in [1.165, 1.54) is 80.9 Å². The zero-order chi connectivity index (χ0) is 24.9. The molecule has 2 unspecified atom stereocenters. The lowest BCUT2D eigenvalue weighted by Gasteiger charge is -2.36. The predicted octanol–water partition coefficient (Wildman–Crippen LogP) is 7.76. The van der Waals surface area contributed by atoms with Crippen molar-refractivity contribution in [2.24, 2.45) is 5.92 Å². The standard InChI is InChI=1S/C30H46BNO3/c1-4-5-6-7-8-9-10-11-12-13-14-28-23-32(29-21-17-26(3)18-22-29)35-31(33)34-24-30(28)27-19-15-25(2)16-20-27/h15-22,28,30,33H,4-14,23-24H2,1-3H3. The number of hydrogen-bond donors (Lipinski definition) is 1. The maximum Gasteiger partial charge on any atom is 0.659 e. The van der Waals surface area contributed by atoms with Crippen molar-refractivity contribution in [2.45, 2.75) is 97.3 Å². The molecule has 2 aromatic rings. The summed E-state index contributed by atoms with van der Waals surface area (Å²) in [6, 6.07) is 17.1. The van der Waals surface area contributed by atoms with E-state index in [1.807, 2.05) is 5.06 Å². The van der Waals surface area contributed by atoms with Crippen LogP contribution in [0.1, 0.15) is 100 Å². The second-order valence-electron chi connectivity index (χ2n) is 10.4. The van der Waals surface area contributed by atoms with Gasteiger partial charge in [0.15, 0.2) is 0 Å². The Labute approximate surface area is 214 Å². The molecule has 0 spiro atoms. The highest BCUT2D eigenvalue weighted by atomic mass is 16.8. The van der Waals surface area contributed by atoms with Gasteiger partial charge in [0.05, 0.1) is 5.69 Å². The number of benzene rings is 2. The Kier molecular flexibility index (Phi) is 12.2. The molecule has 1 aliphatic rings. The molecule has 1 N–H and O–H groups in total. The molecule has 1 fully saturated rings. The SMILES string of the molecule is CCCCCCCCCCCCC1CN(c2ccc(C)cc2)OB(O)OCC1c1ccc(C)cc1. The molecule has 0 radical (unpaired) electrons. The minimum Gasteiger partial charge on any atom is -0.400 e. The first kappa shape index (κ1) is 27.8. The second kappa shape index (κ2) is 15.3. The van der Waals surface area contributed by atoms with Crippen LogP contribution in [0.25, 0.3) is 0 Å². The number of anilines is 1.